The molecule has 0 unspecified atom stereocenters. The molecule has 0 amide bonds. The first kappa shape index (κ1) is 9.97. The van der Waals surface area contributed by atoms with Crippen molar-refractivity contribution in [2.24, 2.45) is 0 Å². The van der Waals surface area contributed by atoms with Crippen LogP contribution in [0.25, 0.3) is 0 Å². The summed E-state index contributed by atoms with van der Waals surface area (Å²) in [4.78, 5) is 0.558. The molecule has 2 rings (SSSR count). The molecule has 0 aliphatic heterocycles. The third kappa shape index (κ3) is 1.34. The summed E-state index contributed by atoms with van der Waals surface area (Å²) in [6.45, 7) is 1.97. The van der Waals surface area contributed by atoms with Gasteiger partial charge in [-0.05, 0) is 38.2 Å². The number of hydrogen-bond acceptors (Lipinski definition) is 2. The average Bonchev–Trinajstić information content (AvgIpc) is 3.00. The molecule has 2 aliphatic rings. The highest BCUT2D eigenvalue weighted by molar-refractivity contribution is 7.97. The van der Waals surface area contributed by atoms with Crippen LogP contribution in [-0.4, -0.2) is 13.2 Å². The normalized spacial score (nSPS) is 24.5. The Morgan fingerprint density at radius 3 is 2.50 bits per heavy atom. The van der Waals surface area contributed by atoms with E-state index in [1.807, 2.05) is 19.1 Å². The van der Waals surface area contributed by atoms with Crippen molar-refractivity contribution < 1.29 is 8.42 Å². The summed E-state index contributed by atoms with van der Waals surface area (Å²) in [7, 11) is -3.03. The fourth-order valence-electron chi connectivity index (χ4n) is 1.99. The molecule has 2 nitrogen and oxygen atoms in total. The fourth-order valence-corrected chi connectivity index (χ4v) is 4.12. The Balaban J connectivity index is 2.33. The third-order valence-electron chi connectivity index (χ3n) is 3.29. The van der Waals surface area contributed by atoms with E-state index in [0.717, 1.165) is 32.1 Å². The largest absolute Gasteiger partial charge is 0.223 e. The van der Waals surface area contributed by atoms with E-state index in [-0.39, 0.29) is 0 Å². The van der Waals surface area contributed by atoms with Crippen LogP contribution in [0.2, 0.25) is 0 Å². The molecule has 0 bridgehead atoms. The molecule has 0 atom stereocenters. The molecule has 1 fully saturated rings. The quantitative estimate of drug-likeness (QED) is 0.720. The van der Waals surface area contributed by atoms with Gasteiger partial charge in [0.2, 0.25) is 0 Å². The highest BCUT2D eigenvalue weighted by atomic mass is 32.2. The number of sulfone groups is 1. The first-order valence-electron chi connectivity index (χ1n) is 5.24. The number of allylic oxidation sites excluding steroid dienone is 3. The van der Waals surface area contributed by atoms with Crippen molar-refractivity contribution in [3.05, 3.63) is 23.1 Å². The van der Waals surface area contributed by atoms with Gasteiger partial charge in [0.15, 0.2) is 9.84 Å². The van der Waals surface area contributed by atoms with Gasteiger partial charge in [-0.25, -0.2) is 8.42 Å². The van der Waals surface area contributed by atoms with E-state index in [9.17, 15) is 8.42 Å². The van der Waals surface area contributed by atoms with Crippen molar-refractivity contribution in [1.82, 2.24) is 0 Å². The second-order valence-electron chi connectivity index (χ2n) is 4.13. The first-order valence-corrected chi connectivity index (χ1v) is 6.72. The minimum atomic E-state index is -3.03. The van der Waals surface area contributed by atoms with Crippen molar-refractivity contribution in [3.8, 4) is 0 Å². The monoisotopic (exact) mass is 212 g/mol. The average molecular weight is 212 g/mol. The Kier molecular flexibility index (Phi) is 2.30. The van der Waals surface area contributed by atoms with Crippen molar-refractivity contribution in [1.29, 1.82) is 0 Å². The molecule has 0 aromatic carbocycles. The van der Waals surface area contributed by atoms with Gasteiger partial charge in [0.25, 0.3) is 0 Å². The third-order valence-corrected chi connectivity index (χ3v) is 6.05. The van der Waals surface area contributed by atoms with Crippen molar-refractivity contribution in [3.63, 3.8) is 0 Å². The Morgan fingerprint density at radius 1 is 1.36 bits per heavy atom. The summed E-state index contributed by atoms with van der Waals surface area (Å²) in [6.07, 6.45) is 9.87. The van der Waals surface area contributed by atoms with Gasteiger partial charge in [-0.2, -0.15) is 0 Å². The lowest BCUT2D eigenvalue weighted by Gasteiger charge is -2.16. The minimum absolute atomic E-state index is 0.402. The van der Waals surface area contributed by atoms with Gasteiger partial charge in [-0.15, -0.1) is 0 Å². The van der Waals surface area contributed by atoms with E-state index in [1.54, 1.807) is 6.08 Å². The molecule has 0 heterocycles. The zero-order chi connectivity index (χ0) is 10.2. The van der Waals surface area contributed by atoms with Crippen LogP contribution in [0.15, 0.2) is 23.1 Å². The van der Waals surface area contributed by atoms with Gasteiger partial charge in [0, 0.05) is 0 Å². The molecular formula is C11H16O2S. The van der Waals surface area contributed by atoms with Gasteiger partial charge in [-0.3, -0.25) is 0 Å². The molecule has 78 valence electrons. The Bertz CT molecular complexity index is 384. The highest BCUT2D eigenvalue weighted by Crippen LogP contribution is 2.49. The molecule has 1 saturated carbocycles. The van der Waals surface area contributed by atoms with Gasteiger partial charge in [0.1, 0.15) is 0 Å². The molecular weight excluding hydrogens is 196 g/mol. The zero-order valence-electron chi connectivity index (χ0n) is 8.49. The van der Waals surface area contributed by atoms with Gasteiger partial charge >= 0.3 is 0 Å². The predicted molar refractivity (Wildman–Crippen MR) is 57.6 cm³/mol. The molecule has 3 heteroatoms. The molecule has 0 N–H and O–H groups in total. The van der Waals surface area contributed by atoms with Crippen LogP contribution < -0.4 is 0 Å². The van der Waals surface area contributed by atoms with Gasteiger partial charge in [-0.1, -0.05) is 19.1 Å². The fraction of sp³-hybridized carbons (Fsp3) is 0.636. The van der Waals surface area contributed by atoms with E-state index in [0.29, 0.717) is 4.91 Å². The maximum atomic E-state index is 12.2. The van der Waals surface area contributed by atoms with Crippen LogP contribution in [0, 0.1) is 0 Å². The second-order valence-corrected chi connectivity index (χ2v) is 6.47. The predicted octanol–water partition coefficient (Wildman–Crippen LogP) is 2.58. The lowest BCUT2D eigenvalue weighted by atomic mass is 10.2. The van der Waals surface area contributed by atoms with E-state index >= 15 is 0 Å². The van der Waals surface area contributed by atoms with Crippen LogP contribution >= 0.6 is 0 Å². The summed E-state index contributed by atoms with van der Waals surface area (Å²) in [6, 6.07) is 0. The summed E-state index contributed by atoms with van der Waals surface area (Å²) < 4.78 is 24.0. The summed E-state index contributed by atoms with van der Waals surface area (Å²) in [5, 5.41) is 0. The van der Waals surface area contributed by atoms with Crippen LogP contribution in [0.1, 0.15) is 39.0 Å². The second kappa shape index (κ2) is 3.23. The smallest absolute Gasteiger partial charge is 0.183 e. The van der Waals surface area contributed by atoms with Crippen molar-refractivity contribution >= 4 is 9.84 Å². The van der Waals surface area contributed by atoms with E-state index < -0.39 is 14.6 Å². The molecule has 14 heavy (non-hydrogen) atoms. The van der Waals surface area contributed by atoms with Crippen molar-refractivity contribution in [2.45, 2.75) is 43.8 Å². The Labute approximate surface area is 85.6 Å². The highest BCUT2D eigenvalue weighted by Gasteiger charge is 2.53. The van der Waals surface area contributed by atoms with E-state index in [1.165, 1.54) is 0 Å². The van der Waals surface area contributed by atoms with Crippen LogP contribution in [0.3, 0.4) is 0 Å². The lowest BCUT2D eigenvalue weighted by Crippen LogP contribution is -2.23. The maximum absolute atomic E-state index is 12.2. The van der Waals surface area contributed by atoms with Gasteiger partial charge in [0.05, 0.1) is 9.65 Å². The SMILES string of the molecule is CCC1(S(=O)(=O)C2=CCCC=C2)CC1. The Hall–Kier alpha value is -0.570. The molecule has 0 spiro atoms. The van der Waals surface area contributed by atoms with Crippen LogP contribution in [0.5, 0.6) is 0 Å². The summed E-state index contributed by atoms with van der Waals surface area (Å²) >= 11 is 0. The number of hydrogen-bond donors (Lipinski definition) is 0. The first-order chi connectivity index (χ1) is 6.62. The molecule has 0 radical (unpaired) electrons. The van der Waals surface area contributed by atoms with Crippen LogP contribution in [0.4, 0.5) is 0 Å². The standard InChI is InChI=1S/C11H16O2S/c1-2-11(8-9-11)14(12,13)10-6-4-3-5-7-10/h4,6-7H,2-3,5,8-9H2,1H3. The number of rotatable bonds is 3. The van der Waals surface area contributed by atoms with E-state index in [4.69, 9.17) is 0 Å². The topological polar surface area (TPSA) is 34.1 Å². The van der Waals surface area contributed by atoms with Crippen LogP contribution in [-0.2, 0) is 9.84 Å². The molecule has 2 aliphatic carbocycles. The van der Waals surface area contributed by atoms with Gasteiger partial charge < -0.3 is 0 Å². The molecule has 0 saturated heterocycles. The summed E-state index contributed by atoms with van der Waals surface area (Å²) in [5.41, 5.74) is 0. The van der Waals surface area contributed by atoms with Crippen molar-refractivity contribution in [2.75, 3.05) is 0 Å². The summed E-state index contributed by atoms with van der Waals surface area (Å²) in [5.74, 6) is 0. The van der Waals surface area contributed by atoms with E-state index in [2.05, 4.69) is 0 Å². The zero-order valence-corrected chi connectivity index (χ0v) is 9.31. The molecule has 0 aromatic heterocycles. The Morgan fingerprint density at radius 2 is 2.07 bits per heavy atom. The maximum Gasteiger partial charge on any atom is 0.183 e. The lowest BCUT2D eigenvalue weighted by molar-refractivity contribution is 0.580. The minimum Gasteiger partial charge on any atom is -0.223 e. The molecule has 0 aromatic rings.